The average molecular weight is 374 g/mol. The van der Waals surface area contributed by atoms with E-state index in [4.69, 9.17) is 14.5 Å². The van der Waals surface area contributed by atoms with Crippen molar-refractivity contribution in [2.24, 2.45) is 4.99 Å². The highest BCUT2D eigenvalue weighted by Gasteiger charge is 2.13. The molecule has 0 atom stereocenters. The summed E-state index contributed by atoms with van der Waals surface area (Å²) in [4.78, 5) is 6.96. The van der Waals surface area contributed by atoms with Crippen LogP contribution in [-0.4, -0.2) is 50.3 Å². The second-order valence-electron chi connectivity index (χ2n) is 6.96. The molecule has 5 heteroatoms. The molecule has 5 nitrogen and oxygen atoms in total. The van der Waals surface area contributed by atoms with E-state index < -0.39 is 0 Å². The first-order valence-electron chi connectivity index (χ1n) is 10.1. The van der Waals surface area contributed by atoms with Crippen LogP contribution in [-0.2, 0) is 22.6 Å². The zero-order valence-electron chi connectivity index (χ0n) is 17.0. The minimum atomic E-state index is 0.335. The van der Waals surface area contributed by atoms with Crippen molar-refractivity contribution in [3.05, 3.63) is 48.0 Å². The Labute approximate surface area is 164 Å². The van der Waals surface area contributed by atoms with Gasteiger partial charge in [0.25, 0.3) is 0 Å². The van der Waals surface area contributed by atoms with Crippen LogP contribution in [0.15, 0.2) is 41.9 Å². The van der Waals surface area contributed by atoms with Crippen LogP contribution in [0.25, 0.3) is 0 Å². The topological polar surface area (TPSA) is 46.1 Å². The Bertz CT molecular complexity index is 565. The quantitative estimate of drug-likeness (QED) is 0.294. The van der Waals surface area contributed by atoms with Crippen molar-refractivity contribution < 1.29 is 9.47 Å². The number of nitrogens with one attached hydrogen (secondary N) is 1. The number of benzene rings is 1. The third-order valence-corrected chi connectivity index (χ3v) is 4.69. The van der Waals surface area contributed by atoms with E-state index in [1.807, 2.05) is 6.08 Å². The van der Waals surface area contributed by atoms with Gasteiger partial charge in [0, 0.05) is 33.4 Å². The van der Waals surface area contributed by atoms with Crippen molar-refractivity contribution in [3.63, 3.8) is 0 Å². The Morgan fingerprint density at radius 3 is 2.67 bits per heavy atom. The molecule has 1 aliphatic rings. The van der Waals surface area contributed by atoms with Crippen LogP contribution in [0.5, 0.6) is 0 Å². The number of guanidine groups is 1. The van der Waals surface area contributed by atoms with Crippen LogP contribution in [0.2, 0.25) is 0 Å². The van der Waals surface area contributed by atoms with Crippen molar-refractivity contribution in [1.82, 2.24) is 10.2 Å². The van der Waals surface area contributed by atoms with Gasteiger partial charge in [-0.2, -0.15) is 0 Å². The number of ether oxygens (including phenoxy) is 2. The monoisotopic (exact) mass is 373 g/mol. The molecule has 0 bridgehead atoms. The summed E-state index contributed by atoms with van der Waals surface area (Å²) in [6, 6.07) is 8.58. The second kappa shape index (κ2) is 12.5. The van der Waals surface area contributed by atoms with Gasteiger partial charge in [0.1, 0.15) is 0 Å². The first-order valence-corrected chi connectivity index (χ1v) is 10.1. The van der Waals surface area contributed by atoms with Crippen LogP contribution < -0.4 is 5.32 Å². The SMILES string of the molecule is C=CCCCN(C)C(=NCc1ccc(COC2CCOCC2)cc1)NCC. The molecule has 2 rings (SSSR count). The summed E-state index contributed by atoms with van der Waals surface area (Å²) in [5, 5.41) is 3.37. The van der Waals surface area contributed by atoms with Crippen LogP contribution >= 0.6 is 0 Å². The summed E-state index contributed by atoms with van der Waals surface area (Å²) in [7, 11) is 2.08. The molecule has 0 unspecified atom stereocenters. The van der Waals surface area contributed by atoms with Crippen LogP contribution in [0.3, 0.4) is 0 Å². The van der Waals surface area contributed by atoms with Gasteiger partial charge in [-0.25, -0.2) is 4.99 Å². The number of unbranched alkanes of at least 4 members (excludes halogenated alkanes) is 1. The maximum absolute atomic E-state index is 5.99. The van der Waals surface area contributed by atoms with E-state index in [2.05, 4.69) is 55.0 Å². The highest BCUT2D eigenvalue weighted by Crippen LogP contribution is 2.14. The molecule has 0 saturated carbocycles. The van der Waals surface area contributed by atoms with Crippen LogP contribution in [0, 0.1) is 0 Å². The Balaban J connectivity index is 1.83. The van der Waals surface area contributed by atoms with Crippen LogP contribution in [0.4, 0.5) is 0 Å². The molecule has 150 valence electrons. The third-order valence-electron chi connectivity index (χ3n) is 4.69. The highest BCUT2D eigenvalue weighted by molar-refractivity contribution is 5.79. The first-order chi connectivity index (χ1) is 13.2. The fraction of sp³-hybridized carbons (Fsp3) is 0.591. The van der Waals surface area contributed by atoms with Crippen molar-refractivity contribution in [1.29, 1.82) is 0 Å². The zero-order chi connectivity index (χ0) is 19.3. The standard InChI is InChI=1S/C22H35N3O2/c1-4-6-7-14-25(3)22(23-5-2)24-17-19-8-10-20(11-9-19)18-27-21-12-15-26-16-13-21/h4,8-11,21H,1,5-7,12-18H2,2-3H3,(H,23,24). The number of allylic oxidation sites excluding steroid dienone is 1. The lowest BCUT2D eigenvalue weighted by Gasteiger charge is -2.22. The fourth-order valence-corrected chi connectivity index (χ4v) is 3.01. The Morgan fingerprint density at radius 2 is 2.00 bits per heavy atom. The lowest BCUT2D eigenvalue weighted by Crippen LogP contribution is -2.39. The minimum Gasteiger partial charge on any atom is -0.381 e. The van der Waals surface area contributed by atoms with Gasteiger partial charge >= 0.3 is 0 Å². The molecule has 27 heavy (non-hydrogen) atoms. The van der Waals surface area contributed by atoms with E-state index in [1.54, 1.807) is 0 Å². The second-order valence-corrected chi connectivity index (χ2v) is 6.96. The number of hydrogen-bond acceptors (Lipinski definition) is 3. The average Bonchev–Trinajstić information content (AvgIpc) is 2.71. The number of rotatable bonds is 10. The summed E-state index contributed by atoms with van der Waals surface area (Å²) in [6.45, 7) is 10.7. The van der Waals surface area contributed by atoms with E-state index in [9.17, 15) is 0 Å². The summed E-state index contributed by atoms with van der Waals surface area (Å²) in [5.74, 6) is 0.952. The fourth-order valence-electron chi connectivity index (χ4n) is 3.01. The maximum atomic E-state index is 5.99. The lowest BCUT2D eigenvalue weighted by atomic mass is 10.1. The Morgan fingerprint density at radius 1 is 1.30 bits per heavy atom. The van der Waals surface area contributed by atoms with Gasteiger partial charge in [-0.1, -0.05) is 30.3 Å². The third kappa shape index (κ3) is 8.14. The Kier molecular flexibility index (Phi) is 9.95. The van der Waals surface area contributed by atoms with Gasteiger partial charge in [0.05, 0.1) is 19.3 Å². The number of aliphatic imine (C=N–C) groups is 1. The van der Waals surface area contributed by atoms with E-state index in [0.717, 1.165) is 57.9 Å². The molecule has 1 N–H and O–H groups in total. The van der Waals surface area contributed by atoms with Gasteiger partial charge in [-0.15, -0.1) is 6.58 Å². The number of hydrogen-bond donors (Lipinski definition) is 1. The van der Waals surface area contributed by atoms with Crippen LogP contribution in [0.1, 0.15) is 43.7 Å². The molecule has 1 aromatic rings. The molecule has 1 aliphatic heterocycles. The van der Waals surface area contributed by atoms with Gasteiger partial charge in [-0.3, -0.25) is 0 Å². The van der Waals surface area contributed by atoms with Gasteiger partial charge in [-0.05, 0) is 43.7 Å². The molecule has 0 amide bonds. The van der Waals surface area contributed by atoms with E-state index in [0.29, 0.717) is 19.3 Å². The van der Waals surface area contributed by atoms with Crippen molar-refractivity contribution in [2.45, 2.75) is 51.9 Å². The summed E-state index contributed by atoms with van der Waals surface area (Å²) < 4.78 is 11.4. The first kappa shape index (κ1) is 21.5. The molecule has 1 heterocycles. The van der Waals surface area contributed by atoms with Gasteiger partial charge < -0.3 is 19.7 Å². The van der Waals surface area contributed by atoms with Crippen molar-refractivity contribution >= 4 is 5.96 Å². The van der Waals surface area contributed by atoms with Crippen molar-refractivity contribution in [2.75, 3.05) is 33.4 Å². The minimum absolute atomic E-state index is 0.335. The molecular weight excluding hydrogens is 338 g/mol. The molecule has 1 saturated heterocycles. The van der Waals surface area contributed by atoms with Gasteiger partial charge in [0.2, 0.25) is 0 Å². The van der Waals surface area contributed by atoms with E-state index >= 15 is 0 Å². The number of nitrogens with zero attached hydrogens (tertiary/aromatic N) is 2. The molecule has 0 aromatic heterocycles. The zero-order valence-corrected chi connectivity index (χ0v) is 17.0. The maximum Gasteiger partial charge on any atom is 0.193 e. The summed E-state index contributed by atoms with van der Waals surface area (Å²) in [5.41, 5.74) is 2.42. The molecule has 0 aliphatic carbocycles. The summed E-state index contributed by atoms with van der Waals surface area (Å²) in [6.07, 6.45) is 6.42. The summed E-state index contributed by atoms with van der Waals surface area (Å²) >= 11 is 0. The predicted octanol–water partition coefficient (Wildman–Crippen LogP) is 3.75. The van der Waals surface area contributed by atoms with Gasteiger partial charge in [0.15, 0.2) is 5.96 Å². The predicted molar refractivity (Wildman–Crippen MR) is 112 cm³/mol. The normalized spacial score (nSPS) is 15.6. The molecule has 1 aromatic carbocycles. The molecule has 1 fully saturated rings. The molecular formula is C22H35N3O2. The van der Waals surface area contributed by atoms with E-state index in [1.165, 1.54) is 11.1 Å². The smallest absolute Gasteiger partial charge is 0.193 e. The van der Waals surface area contributed by atoms with Crippen molar-refractivity contribution in [3.8, 4) is 0 Å². The molecule has 0 radical (unpaired) electrons. The largest absolute Gasteiger partial charge is 0.381 e. The lowest BCUT2D eigenvalue weighted by molar-refractivity contribution is -0.0390. The molecule has 0 spiro atoms. The highest BCUT2D eigenvalue weighted by atomic mass is 16.5. The Hall–Kier alpha value is -1.85. The van der Waals surface area contributed by atoms with E-state index in [-0.39, 0.29) is 0 Å².